The number of aromatic nitrogens is 4. The molecule has 3 unspecified atom stereocenters. The summed E-state index contributed by atoms with van der Waals surface area (Å²) < 4.78 is 1.44. The zero-order valence-corrected chi connectivity index (χ0v) is 14.4. The Kier molecular flexibility index (Phi) is 6.03. The minimum Gasteiger partial charge on any atom is -0.388 e. The van der Waals surface area contributed by atoms with Crippen LogP contribution in [-0.4, -0.2) is 43.4 Å². The van der Waals surface area contributed by atoms with Crippen molar-refractivity contribution in [2.24, 2.45) is 5.92 Å². The first kappa shape index (κ1) is 18.1. The number of hydrogen-bond donors (Lipinski definition) is 2. The Morgan fingerprint density at radius 1 is 1.38 bits per heavy atom. The molecule has 0 spiro atoms. The van der Waals surface area contributed by atoms with Gasteiger partial charge in [-0.1, -0.05) is 50.6 Å². The van der Waals surface area contributed by atoms with Crippen molar-refractivity contribution in [3.8, 4) is 0 Å². The number of carbonyl (C=O) groups is 1. The van der Waals surface area contributed by atoms with Crippen LogP contribution in [0.4, 0.5) is 0 Å². The van der Waals surface area contributed by atoms with Gasteiger partial charge in [0.15, 0.2) is 0 Å². The first-order chi connectivity index (χ1) is 11.4. The Morgan fingerprint density at radius 3 is 2.67 bits per heavy atom. The molecule has 24 heavy (non-hydrogen) atoms. The Bertz CT molecular complexity index is 628. The Balaban J connectivity index is 2.08. The van der Waals surface area contributed by atoms with Crippen molar-refractivity contribution in [1.82, 2.24) is 25.5 Å². The SMILES string of the molecule is CCC(C)C(C)(O)CNC(=O)C(Cc1ccccc1)n1cnnn1. The molecule has 7 nitrogen and oxygen atoms in total. The van der Waals surface area contributed by atoms with Crippen LogP contribution in [0.2, 0.25) is 0 Å². The van der Waals surface area contributed by atoms with E-state index in [2.05, 4.69) is 20.8 Å². The van der Waals surface area contributed by atoms with Gasteiger partial charge >= 0.3 is 0 Å². The standard InChI is InChI=1S/C17H25N5O2/c1-4-13(2)17(3,24)11-18-16(23)15(22-12-19-20-21-22)10-14-8-6-5-7-9-14/h5-9,12-13,15,24H,4,10-11H2,1-3H3,(H,18,23). The summed E-state index contributed by atoms with van der Waals surface area (Å²) in [5.74, 6) is -0.131. The van der Waals surface area contributed by atoms with Crippen LogP contribution in [-0.2, 0) is 11.2 Å². The Labute approximate surface area is 142 Å². The highest BCUT2D eigenvalue weighted by molar-refractivity contribution is 5.80. The molecular weight excluding hydrogens is 306 g/mol. The molecule has 0 saturated heterocycles. The van der Waals surface area contributed by atoms with Crippen LogP contribution >= 0.6 is 0 Å². The van der Waals surface area contributed by atoms with Crippen LogP contribution in [0, 0.1) is 5.92 Å². The number of carbonyl (C=O) groups excluding carboxylic acids is 1. The first-order valence-electron chi connectivity index (χ1n) is 8.20. The smallest absolute Gasteiger partial charge is 0.245 e. The van der Waals surface area contributed by atoms with Gasteiger partial charge in [-0.2, -0.15) is 0 Å². The molecule has 0 aliphatic rings. The van der Waals surface area contributed by atoms with Crippen molar-refractivity contribution in [3.05, 3.63) is 42.2 Å². The zero-order valence-electron chi connectivity index (χ0n) is 14.4. The van der Waals surface area contributed by atoms with Crippen molar-refractivity contribution in [2.45, 2.75) is 45.3 Å². The van der Waals surface area contributed by atoms with Crippen molar-refractivity contribution in [3.63, 3.8) is 0 Å². The van der Waals surface area contributed by atoms with Crippen LogP contribution in [0.25, 0.3) is 0 Å². The average Bonchev–Trinajstić information content (AvgIpc) is 3.12. The third kappa shape index (κ3) is 4.61. The summed E-state index contributed by atoms with van der Waals surface area (Å²) >= 11 is 0. The highest BCUT2D eigenvalue weighted by Gasteiger charge is 2.29. The lowest BCUT2D eigenvalue weighted by molar-refractivity contribution is -0.126. The maximum Gasteiger partial charge on any atom is 0.245 e. The van der Waals surface area contributed by atoms with Crippen LogP contribution in [0.3, 0.4) is 0 Å². The monoisotopic (exact) mass is 331 g/mol. The molecule has 0 bridgehead atoms. The van der Waals surface area contributed by atoms with Gasteiger partial charge in [0, 0.05) is 13.0 Å². The predicted octanol–water partition coefficient (Wildman–Crippen LogP) is 1.37. The molecule has 1 heterocycles. The van der Waals surface area contributed by atoms with E-state index in [9.17, 15) is 9.90 Å². The van der Waals surface area contributed by atoms with E-state index in [1.54, 1.807) is 6.92 Å². The quantitative estimate of drug-likeness (QED) is 0.762. The second-order valence-electron chi connectivity index (χ2n) is 6.38. The molecule has 0 aliphatic heterocycles. The molecule has 1 amide bonds. The van der Waals surface area contributed by atoms with Crippen molar-refractivity contribution in [1.29, 1.82) is 0 Å². The van der Waals surface area contributed by atoms with E-state index in [-0.39, 0.29) is 18.4 Å². The molecule has 1 aromatic carbocycles. The van der Waals surface area contributed by atoms with E-state index < -0.39 is 11.6 Å². The third-order valence-electron chi connectivity index (χ3n) is 4.55. The van der Waals surface area contributed by atoms with Gasteiger partial charge in [-0.05, 0) is 28.8 Å². The Morgan fingerprint density at radius 2 is 2.08 bits per heavy atom. The number of hydrogen-bond acceptors (Lipinski definition) is 5. The maximum atomic E-state index is 12.7. The minimum absolute atomic E-state index is 0.0819. The summed E-state index contributed by atoms with van der Waals surface area (Å²) in [6.07, 6.45) is 2.74. The van der Waals surface area contributed by atoms with Crippen LogP contribution in [0.1, 0.15) is 38.8 Å². The van der Waals surface area contributed by atoms with Gasteiger partial charge < -0.3 is 10.4 Å². The van der Waals surface area contributed by atoms with Crippen LogP contribution in [0.5, 0.6) is 0 Å². The third-order valence-corrected chi connectivity index (χ3v) is 4.55. The number of rotatable bonds is 8. The van der Waals surface area contributed by atoms with Crippen molar-refractivity contribution < 1.29 is 9.90 Å². The van der Waals surface area contributed by atoms with Gasteiger partial charge in [0.1, 0.15) is 12.4 Å². The highest BCUT2D eigenvalue weighted by atomic mass is 16.3. The van der Waals surface area contributed by atoms with E-state index in [0.717, 1.165) is 12.0 Å². The molecular formula is C17H25N5O2. The summed E-state index contributed by atoms with van der Waals surface area (Å²) in [5, 5.41) is 24.4. The van der Waals surface area contributed by atoms with E-state index in [1.165, 1.54) is 11.0 Å². The summed E-state index contributed by atoms with van der Waals surface area (Å²) in [4.78, 5) is 12.7. The highest BCUT2D eigenvalue weighted by Crippen LogP contribution is 2.20. The molecule has 1 aromatic heterocycles. The predicted molar refractivity (Wildman–Crippen MR) is 90.1 cm³/mol. The second kappa shape index (κ2) is 8.01. The zero-order chi connectivity index (χ0) is 17.6. The molecule has 2 aromatic rings. The van der Waals surface area contributed by atoms with Crippen molar-refractivity contribution in [2.75, 3.05) is 6.54 Å². The summed E-state index contributed by atoms with van der Waals surface area (Å²) in [5.41, 5.74) is 0.0596. The molecule has 0 radical (unpaired) electrons. The lowest BCUT2D eigenvalue weighted by Gasteiger charge is -2.30. The fraction of sp³-hybridized carbons (Fsp3) is 0.529. The van der Waals surface area contributed by atoms with Gasteiger partial charge in [-0.25, -0.2) is 4.68 Å². The fourth-order valence-electron chi connectivity index (χ4n) is 2.45. The van der Waals surface area contributed by atoms with Crippen LogP contribution < -0.4 is 5.32 Å². The lowest BCUT2D eigenvalue weighted by Crippen LogP contribution is -2.47. The topological polar surface area (TPSA) is 92.9 Å². The molecule has 130 valence electrons. The molecule has 7 heteroatoms. The molecule has 2 N–H and O–H groups in total. The summed E-state index contributed by atoms with van der Waals surface area (Å²) in [7, 11) is 0. The Hall–Kier alpha value is -2.28. The maximum absolute atomic E-state index is 12.7. The number of aliphatic hydroxyl groups is 1. The normalized spacial score (nSPS) is 16.2. The second-order valence-corrected chi connectivity index (χ2v) is 6.38. The number of amides is 1. The first-order valence-corrected chi connectivity index (χ1v) is 8.20. The lowest BCUT2D eigenvalue weighted by atomic mass is 9.88. The molecule has 3 atom stereocenters. The molecule has 0 saturated carbocycles. The number of tetrazole rings is 1. The van der Waals surface area contributed by atoms with Gasteiger partial charge in [0.05, 0.1) is 5.60 Å². The van der Waals surface area contributed by atoms with Gasteiger partial charge in [-0.15, -0.1) is 5.10 Å². The number of nitrogens with one attached hydrogen (secondary N) is 1. The number of nitrogens with zero attached hydrogens (tertiary/aromatic N) is 4. The van der Waals surface area contributed by atoms with Crippen LogP contribution in [0.15, 0.2) is 36.7 Å². The molecule has 0 aliphatic carbocycles. The summed E-state index contributed by atoms with van der Waals surface area (Å²) in [6, 6.07) is 9.14. The van der Waals surface area contributed by atoms with E-state index in [0.29, 0.717) is 6.42 Å². The number of benzene rings is 1. The van der Waals surface area contributed by atoms with Gasteiger partial charge in [0.25, 0.3) is 0 Å². The van der Waals surface area contributed by atoms with E-state index in [4.69, 9.17) is 0 Å². The largest absolute Gasteiger partial charge is 0.388 e. The minimum atomic E-state index is -0.956. The van der Waals surface area contributed by atoms with Gasteiger partial charge in [0.2, 0.25) is 5.91 Å². The van der Waals surface area contributed by atoms with E-state index >= 15 is 0 Å². The molecule has 0 fully saturated rings. The van der Waals surface area contributed by atoms with Crippen molar-refractivity contribution >= 4 is 5.91 Å². The van der Waals surface area contributed by atoms with Gasteiger partial charge in [-0.3, -0.25) is 4.79 Å². The summed E-state index contributed by atoms with van der Waals surface area (Å²) in [6.45, 7) is 5.91. The average molecular weight is 331 g/mol. The molecule has 2 rings (SSSR count). The fourth-order valence-corrected chi connectivity index (χ4v) is 2.45. The van der Waals surface area contributed by atoms with E-state index in [1.807, 2.05) is 44.2 Å².